The van der Waals surface area contributed by atoms with Crippen LogP contribution >= 0.6 is 0 Å². The SMILES string of the molecule is OC[C@@H]1C[NH2+]C[C@@H](O)[C@@H](O)C1.[Cl-]. The number of nitrogens with two attached hydrogens (primary N) is 1. The summed E-state index contributed by atoms with van der Waals surface area (Å²) in [7, 11) is 0. The van der Waals surface area contributed by atoms with Gasteiger partial charge in [-0.15, -0.1) is 0 Å². The van der Waals surface area contributed by atoms with Crippen LogP contribution in [0.25, 0.3) is 0 Å². The molecule has 0 aromatic rings. The molecule has 5 heteroatoms. The van der Waals surface area contributed by atoms with Gasteiger partial charge in [0.05, 0.1) is 19.3 Å². The van der Waals surface area contributed by atoms with Crippen LogP contribution in [-0.4, -0.2) is 47.2 Å². The van der Waals surface area contributed by atoms with Crippen LogP contribution in [0.4, 0.5) is 0 Å². The number of aliphatic hydroxyl groups is 3. The summed E-state index contributed by atoms with van der Waals surface area (Å²) < 4.78 is 0. The van der Waals surface area contributed by atoms with E-state index in [1.54, 1.807) is 0 Å². The van der Waals surface area contributed by atoms with Gasteiger partial charge in [-0.1, -0.05) is 0 Å². The van der Waals surface area contributed by atoms with Crippen LogP contribution in [0.15, 0.2) is 0 Å². The lowest BCUT2D eigenvalue weighted by Crippen LogP contribution is -3.00. The van der Waals surface area contributed by atoms with E-state index in [2.05, 4.69) is 0 Å². The van der Waals surface area contributed by atoms with Crippen LogP contribution in [0.5, 0.6) is 0 Å². The zero-order chi connectivity index (χ0) is 8.27. The maximum atomic E-state index is 9.28. The number of hydrogen-bond acceptors (Lipinski definition) is 3. The van der Waals surface area contributed by atoms with Gasteiger partial charge in [0.2, 0.25) is 0 Å². The summed E-state index contributed by atoms with van der Waals surface area (Å²) in [5, 5.41) is 29.2. The molecule has 1 aliphatic rings. The predicted octanol–water partition coefficient (Wildman–Crippen LogP) is -5.71. The van der Waals surface area contributed by atoms with Gasteiger partial charge in [-0.2, -0.15) is 0 Å². The molecule has 0 bridgehead atoms. The topological polar surface area (TPSA) is 77.3 Å². The molecule has 1 rings (SSSR count). The molecule has 0 spiro atoms. The first kappa shape index (κ1) is 12.1. The molecule has 1 saturated heterocycles. The van der Waals surface area contributed by atoms with Crippen molar-refractivity contribution >= 4 is 0 Å². The maximum Gasteiger partial charge on any atom is 0.128 e. The van der Waals surface area contributed by atoms with E-state index in [4.69, 9.17) is 5.11 Å². The molecule has 0 aromatic carbocycles. The summed E-state index contributed by atoms with van der Waals surface area (Å²) in [5.41, 5.74) is 0. The molecule has 3 atom stereocenters. The predicted molar refractivity (Wildman–Crippen MR) is 38.9 cm³/mol. The third kappa shape index (κ3) is 3.25. The van der Waals surface area contributed by atoms with E-state index in [0.29, 0.717) is 13.0 Å². The monoisotopic (exact) mass is 197 g/mol. The van der Waals surface area contributed by atoms with Crippen molar-refractivity contribution in [3.8, 4) is 0 Å². The van der Waals surface area contributed by atoms with Crippen LogP contribution < -0.4 is 17.7 Å². The van der Waals surface area contributed by atoms with E-state index in [9.17, 15) is 10.2 Å². The van der Waals surface area contributed by atoms with Gasteiger partial charge in [-0.05, 0) is 6.42 Å². The van der Waals surface area contributed by atoms with E-state index in [-0.39, 0.29) is 24.9 Å². The van der Waals surface area contributed by atoms with E-state index >= 15 is 0 Å². The second-order valence-corrected chi connectivity index (χ2v) is 3.18. The van der Waals surface area contributed by atoms with Crippen LogP contribution in [0, 0.1) is 5.92 Å². The second kappa shape index (κ2) is 5.72. The summed E-state index contributed by atoms with van der Waals surface area (Å²) in [6.45, 7) is 1.43. The minimum atomic E-state index is -0.661. The fourth-order valence-electron chi connectivity index (χ4n) is 1.40. The van der Waals surface area contributed by atoms with E-state index in [1.165, 1.54) is 0 Å². The molecule has 12 heavy (non-hydrogen) atoms. The summed E-state index contributed by atoms with van der Waals surface area (Å²) in [6.07, 6.45) is -0.786. The first-order valence-electron chi connectivity index (χ1n) is 4.02. The lowest BCUT2D eigenvalue weighted by Gasteiger charge is -2.13. The molecule has 4 nitrogen and oxygen atoms in total. The van der Waals surface area contributed by atoms with Gasteiger partial charge in [0, 0.05) is 5.92 Å². The van der Waals surface area contributed by atoms with Gasteiger partial charge >= 0.3 is 0 Å². The molecule has 5 N–H and O–H groups in total. The minimum absolute atomic E-state index is 0. The number of rotatable bonds is 1. The second-order valence-electron chi connectivity index (χ2n) is 3.18. The lowest BCUT2D eigenvalue weighted by atomic mass is 10.0. The highest BCUT2D eigenvalue weighted by Crippen LogP contribution is 2.08. The number of halogens is 1. The first-order valence-corrected chi connectivity index (χ1v) is 4.02. The molecule has 1 aliphatic heterocycles. The van der Waals surface area contributed by atoms with Gasteiger partial charge in [0.1, 0.15) is 12.6 Å². The van der Waals surface area contributed by atoms with Crippen molar-refractivity contribution in [3.05, 3.63) is 0 Å². The quantitative estimate of drug-likeness (QED) is 0.339. The third-order valence-electron chi connectivity index (χ3n) is 2.19. The standard InChI is InChI=1S/C7H15NO3.ClH/c9-4-5-1-6(10)7(11)3-8-2-5;/h5-11H,1-4H2;1H/t5-,6-,7+;/m0./s1. The number of hydrogen-bond donors (Lipinski definition) is 4. The zero-order valence-corrected chi connectivity index (χ0v) is 7.61. The molecule has 0 aromatic heterocycles. The Kier molecular flexibility index (Phi) is 5.78. The molecule has 1 heterocycles. The van der Waals surface area contributed by atoms with Crippen molar-refractivity contribution in [3.63, 3.8) is 0 Å². The average molecular weight is 198 g/mol. The molecule has 0 unspecified atom stereocenters. The van der Waals surface area contributed by atoms with Crippen LogP contribution in [0.3, 0.4) is 0 Å². The first-order chi connectivity index (χ1) is 5.24. The normalized spacial score (nSPS) is 36.8. The van der Waals surface area contributed by atoms with Gasteiger partial charge in [-0.3, -0.25) is 0 Å². The highest BCUT2D eigenvalue weighted by Gasteiger charge is 2.26. The van der Waals surface area contributed by atoms with Crippen LogP contribution in [-0.2, 0) is 0 Å². The average Bonchev–Trinajstić information content (AvgIpc) is 2.15. The van der Waals surface area contributed by atoms with Crippen molar-refractivity contribution in [2.24, 2.45) is 5.92 Å². The van der Waals surface area contributed by atoms with Crippen molar-refractivity contribution in [1.82, 2.24) is 0 Å². The summed E-state index contributed by atoms with van der Waals surface area (Å²) in [5.74, 6) is 0.127. The molecular weight excluding hydrogens is 182 g/mol. The molecule has 1 fully saturated rings. The number of quaternary nitrogens is 1. The van der Waals surface area contributed by atoms with Gasteiger partial charge < -0.3 is 33.0 Å². The summed E-state index contributed by atoms with van der Waals surface area (Å²) in [4.78, 5) is 0. The van der Waals surface area contributed by atoms with Crippen molar-refractivity contribution in [1.29, 1.82) is 0 Å². The van der Waals surface area contributed by atoms with Crippen LogP contribution in [0.1, 0.15) is 6.42 Å². The Morgan fingerprint density at radius 3 is 2.42 bits per heavy atom. The maximum absolute atomic E-state index is 9.28. The minimum Gasteiger partial charge on any atom is -1.00 e. The fraction of sp³-hybridized carbons (Fsp3) is 1.00. The molecule has 0 aliphatic carbocycles. The largest absolute Gasteiger partial charge is 1.00 e. The van der Waals surface area contributed by atoms with Gasteiger partial charge in [-0.25, -0.2) is 0 Å². The highest BCUT2D eigenvalue weighted by molar-refractivity contribution is 4.72. The fourth-order valence-corrected chi connectivity index (χ4v) is 1.40. The summed E-state index contributed by atoms with van der Waals surface area (Å²) >= 11 is 0. The van der Waals surface area contributed by atoms with Crippen molar-refractivity contribution < 1.29 is 33.0 Å². The van der Waals surface area contributed by atoms with E-state index < -0.39 is 12.2 Å². The Balaban J connectivity index is 0.00000121. The molecule has 0 saturated carbocycles. The Bertz CT molecular complexity index is 125. The molecular formula is C7H16ClNO3. The van der Waals surface area contributed by atoms with Gasteiger partial charge in [0.25, 0.3) is 0 Å². The zero-order valence-electron chi connectivity index (χ0n) is 6.86. The van der Waals surface area contributed by atoms with E-state index in [0.717, 1.165) is 6.54 Å². The Labute approximate surface area is 78.0 Å². The molecule has 74 valence electrons. The lowest BCUT2D eigenvalue weighted by molar-refractivity contribution is -0.664. The Morgan fingerprint density at radius 2 is 1.83 bits per heavy atom. The highest BCUT2D eigenvalue weighted by atomic mass is 35.5. The Morgan fingerprint density at radius 1 is 1.17 bits per heavy atom. The van der Waals surface area contributed by atoms with Crippen molar-refractivity contribution in [2.45, 2.75) is 18.6 Å². The molecule has 0 radical (unpaired) electrons. The van der Waals surface area contributed by atoms with Crippen molar-refractivity contribution in [2.75, 3.05) is 19.7 Å². The van der Waals surface area contributed by atoms with Crippen LogP contribution in [0.2, 0.25) is 0 Å². The molecule has 0 amide bonds. The smallest absolute Gasteiger partial charge is 0.128 e. The summed E-state index contributed by atoms with van der Waals surface area (Å²) in [6, 6.07) is 0. The Hall–Kier alpha value is 0.130. The number of aliphatic hydroxyl groups excluding tert-OH is 3. The van der Waals surface area contributed by atoms with E-state index in [1.807, 2.05) is 5.32 Å². The third-order valence-corrected chi connectivity index (χ3v) is 2.19. The van der Waals surface area contributed by atoms with Gasteiger partial charge in [0.15, 0.2) is 0 Å².